The van der Waals surface area contributed by atoms with E-state index in [4.69, 9.17) is 0 Å². The highest BCUT2D eigenvalue weighted by Gasteiger charge is 2.33. The van der Waals surface area contributed by atoms with Crippen LogP contribution in [0.25, 0.3) is 21.7 Å². The Bertz CT molecular complexity index is 1870. The average molecular weight is 601 g/mol. The fraction of sp³-hybridized carbons (Fsp3) is 0.129. The SMILES string of the molecule is CCN(c1ccccc1)c1c(-c2cnc(C)s2)nc(O)c(S(=O)(=O)c2ccc(-c3ccccc3C(=O)NC)cc2)c1O. The molecule has 11 heteroatoms. The number of carbonyl (C=O) groups excluding carboxylic acids is 1. The number of para-hydroxylation sites is 1. The van der Waals surface area contributed by atoms with Crippen molar-refractivity contribution in [2.75, 3.05) is 18.5 Å². The van der Waals surface area contributed by atoms with Crippen molar-refractivity contribution in [3.63, 3.8) is 0 Å². The zero-order valence-electron chi connectivity index (χ0n) is 23.1. The maximum atomic E-state index is 13.9. The van der Waals surface area contributed by atoms with Crippen LogP contribution in [-0.4, -0.2) is 48.1 Å². The Balaban J connectivity index is 1.67. The van der Waals surface area contributed by atoms with E-state index in [0.717, 1.165) is 5.01 Å². The fourth-order valence-electron chi connectivity index (χ4n) is 4.76. The van der Waals surface area contributed by atoms with Crippen LogP contribution in [0.3, 0.4) is 0 Å². The zero-order valence-corrected chi connectivity index (χ0v) is 24.7. The van der Waals surface area contributed by atoms with Crippen LogP contribution in [-0.2, 0) is 9.84 Å². The molecule has 5 aromatic rings. The normalized spacial score (nSPS) is 11.3. The number of hydrogen-bond acceptors (Lipinski definition) is 9. The Morgan fingerprint density at radius 1 is 0.976 bits per heavy atom. The molecule has 0 atom stereocenters. The van der Waals surface area contributed by atoms with Gasteiger partial charge in [0.2, 0.25) is 15.7 Å². The quantitative estimate of drug-likeness (QED) is 0.199. The van der Waals surface area contributed by atoms with E-state index in [2.05, 4.69) is 15.3 Å². The maximum Gasteiger partial charge on any atom is 0.251 e. The van der Waals surface area contributed by atoms with E-state index < -0.39 is 26.4 Å². The first kappa shape index (κ1) is 28.8. The number of carbonyl (C=O) groups is 1. The Morgan fingerprint density at radius 3 is 2.26 bits per heavy atom. The van der Waals surface area contributed by atoms with E-state index in [1.54, 1.807) is 47.5 Å². The van der Waals surface area contributed by atoms with Gasteiger partial charge in [0.25, 0.3) is 5.91 Å². The minimum Gasteiger partial charge on any atom is -0.504 e. The van der Waals surface area contributed by atoms with Gasteiger partial charge < -0.3 is 20.4 Å². The molecule has 0 spiro atoms. The molecular weight excluding hydrogens is 572 g/mol. The number of rotatable bonds is 8. The lowest BCUT2D eigenvalue weighted by molar-refractivity contribution is 0.0963. The van der Waals surface area contributed by atoms with E-state index >= 15 is 0 Å². The largest absolute Gasteiger partial charge is 0.504 e. The molecule has 9 nitrogen and oxygen atoms in total. The summed E-state index contributed by atoms with van der Waals surface area (Å²) in [6.07, 6.45) is 1.58. The molecule has 1 amide bonds. The minimum atomic E-state index is -4.45. The van der Waals surface area contributed by atoms with Gasteiger partial charge in [-0.15, -0.1) is 11.3 Å². The van der Waals surface area contributed by atoms with Gasteiger partial charge in [0.1, 0.15) is 11.4 Å². The molecule has 5 rings (SSSR count). The molecule has 0 radical (unpaired) electrons. The van der Waals surface area contributed by atoms with Crippen molar-refractivity contribution in [3.05, 3.63) is 95.6 Å². The molecule has 0 bridgehead atoms. The molecule has 0 aliphatic carbocycles. The first-order chi connectivity index (χ1) is 20.2. The summed E-state index contributed by atoms with van der Waals surface area (Å²) in [4.78, 5) is 22.4. The summed E-state index contributed by atoms with van der Waals surface area (Å²) in [5, 5.41) is 26.0. The molecule has 3 aromatic carbocycles. The Morgan fingerprint density at radius 2 is 1.64 bits per heavy atom. The van der Waals surface area contributed by atoms with Gasteiger partial charge in [-0.3, -0.25) is 4.79 Å². The third kappa shape index (κ3) is 5.19. The number of benzene rings is 3. The minimum absolute atomic E-state index is 0.139. The van der Waals surface area contributed by atoms with E-state index in [9.17, 15) is 23.4 Å². The highest BCUT2D eigenvalue weighted by Crippen LogP contribution is 2.49. The summed E-state index contributed by atoms with van der Waals surface area (Å²) in [5.41, 5.74) is 2.74. The maximum absolute atomic E-state index is 13.9. The van der Waals surface area contributed by atoms with Gasteiger partial charge in [0.05, 0.1) is 14.8 Å². The van der Waals surface area contributed by atoms with Gasteiger partial charge in [-0.2, -0.15) is 0 Å². The Hall–Kier alpha value is -4.74. The number of anilines is 2. The van der Waals surface area contributed by atoms with Gasteiger partial charge in [-0.25, -0.2) is 18.4 Å². The molecule has 0 saturated carbocycles. The fourth-order valence-corrected chi connectivity index (χ4v) is 6.89. The second-order valence-electron chi connectivity index (χ2n) is 9.29. The lowest BCUT2D eigenvalue weighted by Gasteiger charge is -2.27. The van der Waals surface area contributed by atoms with Crippen molar-refractivity contribution in [1.29, 1.82) is 0 Å². The first-order valence-corrected chi connectivity index (χ1v) is 15.3. The van der Waals surface area contributed by atoms with Crippen LogP contribution in [0, 0.1) is 6.92 Å². The zero-order chi connectivity index (χ0) is 30.0. The number of aryl methyl sites for hydroxylation is 1. The Labute approximate surface area is 247 Å². The molecule has 2 aromatic heterocycles. The molecule has 3 N–H and O–H groups in total. The van der Waals surface area contributed by atoms with Crippen molar-refractivity contribution >= 4 is 38.5 Å². The number of hydrogen-bond donors (Lipinski definition) is 3. The van der Waals surface area contributed by atoms with Gasteiger partial charge in [0.15, 0.2) is 10.6 Å². The number of aromatic nitrogens is 2. The molecule has 0 saturated heterocycles. The van der Waals surface area contributed by atoms with Crippen molar-refractivity contribution in [1.82, 2.24) is 15.3 Å². The van der Waals surface area contributed by atoms with E-state index in [-0.39, 0.29) is 22.2 Å². The van der Waals surface area contributed by atoms with Crippen LogP contribution in [0.5, 0.6) is 11.6 Å². The van der Waals surface area contributed by atoms with Gasteiger partial charge in [-0.1, -0.05) is 48.5 Å². The third-order valence-electron chi connectivity index (χ3n) is 6.74. The number of pyridine rings is 1. The van der Waals surface area contributed by atoms with Crippen LogP contribution in [0.2, 0.25) is 0 Å². The number of aromatic hydroxyl groups is 2. The van der Waals surface area contributed by atoms with Gasteiger partial charge >= 0.3 is 0 Å². The standard InChI is InChI=1S/C31H28N4O5S2/c1-4-35(21-10-6-5-7-11-21)27-26(25-18-33-19(2)41-25)34-31(38)29(28(27)36)42(39,40)22-16-14-20(15-17-22)23-12-8-9-13-24(23)30(37)32-3/h5-18H,4H2,1-3H3,(H,32,37)(H2,34,36,38). The molecule has 0 fully saturated rings. The van der Waals surface area contributed by atoms with Crippen LogP contribution in [0.15, 0.2) is 94.9 Å². The summed E-state index contributed by atoms with van der Waals surface area (Å²) in [5.74, 6) is -1.72. The second-order valence-corrected chi connectivity index (χ2v) is 12.4. The number of nitrogens with one attached hydrogen (secondary N) is 1. The summed E-state index contributed by atoms with van der Waals surface area (Å²) >= 11 is 1.31. The molecule has 214 valence electrons. The third-order valence-corrected chi connectivity index (χ3v) is 9.46. The number of thiazole rings is 1. The van der Waals surface area contributed by atoms with Crippen LogP contribution >= 0.6 is 11.3 Å². The topological polar surface area (TPSA) is 133 Å². The van der Waals surface area contributed by atoms with Gasteiger partial charge in [0, 0.05) is 31.0 Å². The molecule has 42 heavy (non-hydrogen) atoms. The lowest BCUT2D eigenvalue weighted by Crippen LogP contribution is -2.19. The monoisotopic (exact) mass is 600 g/mol. The number of nitrogens with zero attached hydrogens (tertiary/aromatic N) is 3. The van der Waals surface area contributed by atoms with Crippen LogP contribution < -0.4 is 10.2 Å². The van der Waals surface area contributed by atoms with E-state index in [1.807, 2.05) is 44.2 Å². The summed E-state index contributed by atoms with van der Waals surface area (Å²) in [7, 11) is -2.91. The number of amides is 1. The molecule has 0 aliphatic heterocycles. The predicted octanol–water partition coefficient (Wildman–Crippen LogP) is 5.94. The highest BCUT2D eigenvalue weighted by molar-refractivity contribution is 7.91. The van der Waals surface area contributed by atoms with Crippen molar-refractivity contribution in [2.24, 2.45) is 0 Å². The van der Waals surface area contributed by atoms with Crippen LogP contribution in [0.1, 0.15) is 22.3 Å². The first-order valence-electron chi connectivity index (χ1n) is 13.0. The molecule has 0 unspecified atom stereocenters. The average Bonchev–Trinajstić information content (AvgIpc) is 3.44. The van der Waals surface area contributed by atoms with Crippen LogP contribution in [0.4, 0.5) is 11.4 Å². The molecular formula is C31H28N4O5S2. The predicted molar refractivity (Wildman–Crippen MR) is 163 cm³/mol. The molecule has 0 aliphatic rings. The van der Waals surface area contributed by atoms with E-state index in [1.165, 1.54) is 30.5 Å². The number of sulfone groups is 1. The van der Waals surface area contributed by atoms with Crippen molar-refractivity contribution < 1.29 is 23.4 Å². The van der Waals surface area contributed by atoms with Crippen molar-refractivity contribution in [3.8, 4) is 33.3 Å². The lowest BCUT2D eigenvalue weighted by atomic mass is 9.99. The second kappa shape index (κ2) is 11.6. The smallest absolute Gasteiger partial charge is 0.251 e. The highest BCUT2D eigenvalue weighted by atomic mass is 32.2. The Kier molecular flexibility index (Phi) is 7.97. The van der Waals surface area contributed by atoms with Crippen molar-refractivity contribution in [2.45, 2.75) is 23.6 Å². The summed E-state index contributed by atoms with van der Waals surface area (Å²) in [6.45, 7) is 4.05. The van der Waals surface area contributed by atoms with E-state index in [0.29, 0.717) is 33.8 Å². The molecule has 2 heterocycles. The summed E-state index contributed by atoms with van der Waals surface area (Å²) < 4.78 is 27.9. The van der Waals surface area contributed by atoms with Gasteiger partial charge in [-0.05, 0) is 55.3 Å². The summed E-state index contributed by atoms with van der Waals surface area (Å²) in [6, 6.07) is 22.1.